The Kier molecular flexibility index (Phi) is 34.0. The van der Waals surface area contributed by atoms with Gasteiger partial charge in [-0.1, -0.05) is 148 Å². The Morgan fingerprint density at radius 2 is 1.09 bits per heavy atom. The van der Waals surface area contributed by atoms with E-state index in [0.29, 0.717) is 38.6 Å². The molecule has 4 N–H and O–H groups in total. The van der Waals surface area contributed by atoms with Crippen LogP contribution in [0.1, 0.15) is 206 Å². The van der Waals surface area contributed by atoms with Crippen molar-refractivity contribution in [2.24, 2.45) is 5.73 Å². The van der Waals surface area contributed by atoms with E-state index in [9.17, 15) is 19.5 Å². The molecule has 0 radical (unpaired) electrons. The highest BCUT2D eigenvalue weighted by molar-refractivity contribution is 5.83. The van der Waals surface area contributed by atoms with Crippen LogP contribution in [0.15, 0.2) is 12.2 Å². The molecule has 7 heteroatoms. The van der Waals surface area contributed by atoms with Crippen molar-refractivity contribution < 1.29 is 24.2 Å². The van der Waals surface area contributed by atoms with Crippen LogP contribution in [0, 0.1) is 0 Å². The number of hydrogen-bond acceptors (Lipinski definition) is 5. The number of nitrogens with one attached hydrogen (secondary N) is 1. The number of esters is 1. The molecule has 0 aromatic heterocycles. The molecule has 0 aromatic carbocycles. The van der Waals surface area contributed by atoms with Crippen molar-refractivity contribution in [3.63, 3.8) is 0 Å². The molecule has 1 amide bonds. The molecule has 0 aliphatic carbocycles. The Labute approximate surface area is 290 Å². The molecule has 0 saturated carbocycles. The maximum absolute atomic E-state index is 12.6. The quantitative estimate of drug-likeness (QED) is 0.0348. The van der Waals surface area contributed by atoms with Crippen LogP contribution in [0.3, 0.4) is 0 Å². The Bertz CT molecular complexity index is 757. The molecule has 0 aromatic rings. The minimum absolute atomic E-state index is 0.0877. The number of carbonyl (C=O) groups is 3. The van der Waals surface area contributed by atoms with Gasteiger partial charge in [0.15, 0.2) is 0 Å². The predicted molar refractivity (Wildman–Crippen MR) is 197 cm³/mol. The Morgan fingerprint density at radius 1 is 0.617 bits per heavy atom. The molecule has 0 bridgehead atoms. The zero-order valence-corrected chi connectivity index (χ0v) is 30.9. The van der Waals surface area contributed by atoms with Gasteiger partial charge in [-0.15, -0.1) is 0 Å². The van der Waals surface area contributed by atoms with E-state index < -0.39 is 12.0 Å². The zero-order valence-electron chi connectivity index (χ0n) is 30.9. The van der Waals surface area contributed by atoms with Crippen LogP contribution in [0.4, 0.5) is 0 Å². The number of carboxylic acids is 1. The average molecular weight is 665 g/mol. The van der Waals surface area contributed by atoms with Crippen molar-refractivity contribution in [3.05, 3.63) is 12.2 Å². The molecule has 276 valence electrons. The third-order valence-electron chi connectivity index (χ3n) is 9.07. The smallest absolute Gasteiger partial charge is 0.326 e. The van der Waals surface area contributed by atoms with Gasteiger partial charge in [-0.3, -0.25) is 9.59 Å². The fourth-order valence-corrected chi connectivity index (χ4v) is 6.01. The number of unbranched alkanes of at least 4 members (excludes halogenated alkanes) is 22. The van der Waals surface area contributed by atoms with Gasteiger partial charge < -0.3 is 20.9 Å². The summed E-state index contributed by atoms with van der Waals surface area (Å²) in [7, 11) is 0. The normalized spacial score (nSPS) is 12.7. The molecule has 0 saturated heterocycles. The Hall–Kier alpha value is -1.89. The second-order valence-corrected chi connectivity index (χ2v) is 13.7. The lowest BCUT2D eigenvalue weighted by Gasteiger charge is -2.15. The predicted octanol–water partition coefficient (Wildman–Crippen LogP) is 10.7. The van der Waals surface area contributed by atoms with Gasteiger partial charge in [-0.05, 0) is 64.0 Å². The lowest BCUT2D eigenvalue weighted by molar-refractivity contribution is -0.147. The zero-order chi connectivity index (χ0) is 34.6. The van der Waals surface area contributed by atoms with Gasteiger partial charge >= 0.3 is 11.9 Å². The molecule has 0 rings (SSSR count). The number of allylic oxidation sites excluding steroid dienone is 1. The maximum Gasteiger partial charge on any atom is 0.326 e. The summed E-state index contributed by atoms with van der Waals surface area (Å²) >= 11 is 0. The van der Waals surface area contributed by atoms with Gasteiger partial charge in [0, 0.05) is 12.8 Å². The van der Waals surface area contributed by atoms with Crippen molar-refractivity contribution in [1.82, 2.24) is 5.32 Å². The highest BCUT2D eigenvalue weighted by Crippen LogP contribution is 2.16. The number of nitrogens with two attached hydrogens (primary N) is 1. The highest BCUT2D eigenvalue weighted by atomic mass is 16.5. The van der Waals surface area contributed by atoms with Gasteiger partial charge in [0.05, 0.1) is 0 Å². The lowest BCUT2D eigenvalue weighted by atomic mass is 10.0. The maximum atomic E-state index is 12.6. The summed E-state index contributed by atoms with van der Waals surface area (Å²) in [5.41, 5.74) is 5.47. The number of amides is 1. The van der Waals surface area contributed by atoms with Gasteiger partial charge in [0.25, 0.3) is 0 Å². The second-order valence-electron chi connectivity index (χ2n) is 13.7. The standard InChI is InChI=1S/C40H76N2O5/c1-3-5-7-9-11-12-13-14-15-16-17-18-19-20-22-28-34-39(44)47-36(30-25-21-10-8-6-4-2)31-26-23-24-27-33-38(43)42-37(40(45)46)32-29-35-41/h25,30,36-37H,3-24,26-29,31-35,41H2,1-2H3,(H,42,43)(H,45,46)/b30-25-. The summed E-state index contributed by atoms with van der Waals surface area (Å²) in [5.74, 6) is -1.32. The minimum Gasteiger partial charge on any atom is -0.480 e. The van der Waals surface area contributed by atoms with Crippen molar-refractivity contribution in [2.75, 3.05) is 6.54 Å². The Morgan fingerprint density at radius 3 is 1.60 bits per heavy atom. The Balaban J connectivity index is 4.13. The minimum atomic E-state index is -1.01. The monoisotopic (exact) mass is 665 g/mol. The number of carboxylic acid groups (broad SMARTS) is 1. The molecule has 47 heavy (non-hydrogen) atoms. The largest absolute Gasteiger partial charge is 0.480 e. The van der Waals surface area contributed by atoms with Crippen molar-refractivity contribution in [1.29, 1.82) is 0 Å². The summed E-state index contributed by atoms with van der Waals surface area (Å²) in [4.78, 5) is 36.1. The SMILES string of the molecule is CCCCCC/C=C\C(CCCCCCC(=O)NC(CCCN)C(=O)O)OC(=O)CCCCCCCCCCCCCCCCCC. The molecule has 2 atom stereocenters. The number of ether oxygens (including phenoxy) is 1. The van der Waals surface area contributed by atoms with E-state index in [0.717, 1.165) is 44.9 Å². The first-order valence-electron chi connectivity index (χ1n) is 20.0. The molecule has 0 aliphatic heterocycles. The summed E-state index contributed by atoms with van der Waals surface area (Å²) in [6.07, 6.45) is 37.1. The topological polar surface area (TPSA) is 119 Å². The fourth-order valence-electron chi connectivity index (χ4n) is 6.01. The van der Waals surface area contributed by atoms with E-state index in [1.165, 1.54) is 116 Å². The molecular weight excluding hydrogens is 588 g/mol. The number of hydrogen-bond donors (Lipinski definition) is 3. The molecule has 0 fully saturated rings. The van der Waals surface area contributed by atoms with E-state index >= 15 is 0 Å². The van der Waals surface area contributed by atoms with Crippen molar-refractivity contribution >= 4 is 17.8 Å². The first-order chi connectivity index (χ1) is 22.9. The summed E-state index contributed by atoms with van der Waals surface area (Å²) in [6, 6.07) is -0.866. The van der Waals surface area contributed by atoms with Crippen LogP contribution in [0.5, 0.6) is 0 Å². The number of aliphatic carboxylic acids is 1. The molecule has 0 aliphatic rings. The second kappa shape index (κ2) is 35.4. The average Bonchev–Trinajstić information content (AvgIpc) is 3.05. The lowest BCUT2D eigenvalue weighted by Crippen LogP contribution is -2.40. The van der Waals surface area contributed by atoms with Crippen LogP contribution in [-0.4, -0.2) is 41.6 Å². The van der Waals surface area contributed by atoms with Gasteiger partial charge in [0.1, 0.15) is 12.1 Å². The van der Waals surface area contributed by atoms with Crippen LogP contribution in [0.25, 0.3) is 0 Å². The van der Waals surface area contributed by atoms with E-state index in [4.69, 9.17) is 10.5 Å². The van der Waals surface area contributed by atoms with Gasteiger partial charge in [-0.2, -0.15) is 0 Å². The van der Waals surface area contributed by atoms with E-state index in [1.807, 2.05) is 0 Å². The molecular formula is C40H76N2O5. The number of carbonyl (C=O) groups excluding carboxylic acids is 2. The van der Waals surface area contributed by atoms with Crippen LogP contribution in [0.2, 0.25) is 0 Å². The third kappa shape index (κ3) is 32.4. The first kappa shape index (κ1) is 45.1. The van der Waals surface area contributed by atoms with Crippen molar-refractivity contribution in [3.8, 4) is 0 Å². The third-order valence-corrected chi connectivity index (χ3v) is 9.07. The van der Waals surface area contributed by atoms with E-state index in [1.54, 1.807) is 0 Å². The van der Waals surface area contributed by atoms with Gasteiger partial charge in [-0.25, -0.2) is 4.79 Å². The molecule has 0 heterocycles. The van der Waals surface area contributed by atoms with Crippen molar-refractivity contribution in [2.45, 2.75) is 219 Å². The van der Waals surface area contributed by atoms with Gasteiger partial charge in [0.2, 0.25) is 5.91 Å². The van der Waals surface area contributed by atoms with Crippen LogP contribution >= 0.6 is 0 Å². The molecule has 0 spiro atoms. The first-order valence-corrected chi connectivity index (χ1v) is 20.0. The molecule has 2 unspecified atom stereocenters. The van der Waals surface area contributed by atoms with Crippen LogP contribution in [-0.2, 0) is 19.1 Å². The van der Waals surface area contributed by atoms with Crippen LogP contribution < -0.4 is 11.1 Å². The number of rotatable bonds is 36. The molecule has 7 nitrogen and oxygen atoms in total. The summed E-state index contributed by atoms with van der Waals surface area (Å²) in [5, 5.41) is 11.9. The summed E-state index contributed by atoms with van der Waals surface area (Å²) in [6.45, 7) is 4.90. The summed E-state index contributed by atoms with van der Waals surface area (Å²) < 4.78 is 5.89. The van der Waals surface area contributed by atoms with E-state index in [-0.39, 0.29) is 18.0 Å². The highest BCUT2D eigenvalue weighted by Gasteiger charge is 2.19. The van der Waals surface area contributed by atoms with E-state index in [2.05, 4.69) is 31.3 Å². The fraction of sp³-hybridized carbons (Fsp3) is 0.875.